The van der Waals surface area contributed by atoms with Crippen LogP contribution in [0.15, 0.2) is 16.2 Å². The van der Waals surface area contributed by atoms with E-state index in [2.05, 4.69) is 14.9 Å². The van der Waals surface area contributed by atoms with Crippen molar-refractivity contribution in [1.82, 2.24) is 19.2 Å². The van der Waals surface area contributed by atoms with E-state index in [-0.39, 0.29) is 5.56 Å². The van der Waals surface area contributed by atoms with E-state index in [1.165, 1.54) is 21.9 Å². The van der Waals surface area contributed by atoms with E-state index in [9.17, 15) is 13.2 Å². The maximum absolute atomic E-state index is 12.0. The average molecular weight is 342 g/mol. The standard InChI is InChI=1S/C13H18N4O3S2/c1-22(19,20)17-5-2-4-16(6-7-17)9-11-14-10-3-8-21-12(10)13(18)15-11/h3,8H,2,4-7,9H2,1H3,(H,14,15,18). The summed E-state index contributed by atoms with van der Waals surface area (Å²) in [5, 5.41) is 1.85. The lowest BCUT2D eigenvalue weighted by molar-refractivity contribution is 0.272. The number of nitrogens with one attached hydrogen (secondary N) is 1. The molecule has 7 nitrogen and oxygen atoms in total. The molecule has 120 valence electrons. The van der Waals surface area contributed by atoms with Gasteiger partial charge in [-0.25, -0.2) is 17.7 Å². The number of thiophene rings is 1. The van der Waals surface area contributed by atoms with Crippen LogP contribution < -0.4 is 5.56 Å². The predicted octanol–water partition coefficient (Wildman–Crippen LogP) is 0.452. The van der Waals surface area contributed by atoms with Crippen LogP contribution in [0.1, 0.15) is 12.2 Å². The van der Waals surface area contributed by atoms with Crippen LogP contribution in [-0.2, 0) is 16.6 Å². The van der Waals surface area contributed by atoms with Crippen LogP contribution in [0.25, 0.3) is 10.2 Å². The van der Waals surface area contributed by atoms with Gasteiger partial charge in [0.2, 0.25) is 10.0 Å². The maximum atomic E-state index is 12.0. The third kappa shape index (κ3) is 3.37. The van der Waals surface area contributed by atoms with Crippen molar-refractivity contribution in [3.63, 3.8) is 0 Å². The van der Waals surface area contributed by atoms with Crippen molar-refractivity contribution >= 4 is 31.6 Å². The van der Waals surface area contributed by atoms with Crippen molar-refractivity contribution in [1.29, 1.82) is 0 Å². The van der Waals surface area contributed by atoms with Crippen molar-refractivity contribution in [2.45, 2.75) is 13.0 Å². The van der Waals surface area contributed by atoms with Gasteiger partial charge in [-0.05, 0) is 24.4 Å². The molecule has 1 saturated heterocycles. The van der Waals surface area contributed by atoms with Crippen molar-refractivity contribution in [2.75, 3.05) is 32.4 Å². The van der Waals surface area contributed by atoms with Gasteiger partial charge in [-0.3, -0.25) is 9.69 Å². The van der Waals surface area contributed by atoms with Gasteiger partial charge in [-0.2, -0.15) is 0 Å². The predicted molar refractivity (Wildman–Crippen MR) is 86.6 cm³/mol. The average Bonchev–Trinajstić information content (AvgIpc) is 2.77. The van der Waals surface area contributed by atoms with E-state index >= 15 is 0 Å². The van der Waals surface area contributed by atoms with E-state index < -0.39 is 10.0 Å². The lowest BCUT2D eigenvalue weighted by atomic mass is 10.3. The lowest BCUT2D eigenvalue weighted by Gasteiger charge is -2.20. The molecule has 1 aliphatic heterocycles. The van der Waals surface area contributed by atoms with Crippen molar-refractivity contribution in [3.8, 4) is 0 Å². The Morgan fingerprint density at radius 2 is 2.14 bits per heavy atom. The minimum Gasteiger partial charge on any atom is -0.308 e. The first-order valence-corrected chi connectivity index (χ1v) is 9.80. The molecule has 0 unspecified atom stereocenters. The summed E-state index contributed by atoms with van der Waals surface area (Å²) in [5.74, 6) is 0.628. The second-order valence-electron chi connectivity index (χ2n) is 5.44. The number of aromatic amines is 1. The van der Waals surface area contributed by atoms with Crippen molar-refractivity contribution in [3.05, 3.63) is 27.6 Å². The number of rotatable bonds is 3. The molecule has 1 N–H and O–H groups in total. The van der Waals surface area contributed by atoms with Crippen LogP contribution in [0.2, 0.25) is 0 Å². The first-order valence-electron chi connectivity index (χ1n) is 7.07. The first kappa shape index (κ1) is 15.6. The van der Waals surface area contributed by atoms with Crippen LogP contribution in [0.4, 0.5) is 0 Å². The Kier molecular flexibility index (Phi) is 4.31. The monoisotopic (exact) mass is 342 g/mol. The van der Waals surface area contributed by atoms with E-state index in [1.54, 1.807) is 0 Å². The van der Waals surface area contributed by atoms with Gasteiger partial charge in [0.25, 0.3) is 5.56 Å². The minimum atomic E-state index is -3.14. The number of nitrogens with zero attached hydrogens (tertiary/aromatic N) is 3. The number of H-pyrrole nitrogens is 1. The molecule has 0 aliphatic carbocycles. The summed E-state index contributed by atoms with van der Waals surface area (Å²) < 4.78 is 25.4. The van der Waals surface area contributed by atoms with E-state index in [1.807, 2.05) is 11.4 Å². The Morgan fingerprint density at radius 3 is 2.91 bits per heavy atom. The molecule has 0 amide bonds. The molecule has 2 aromatic rings. The van der Waals surface area contributed by atoms with Crippen molar-refractivity contribution in [2.24, 2.45) is 0 Å². The summed E-state index contributed by atoms with van der Waals surface area (Å²) in [6.07, 6.45) is 2.02. The smallest absolute Gasteiger partial charge is 0.268 e. The number of hydrogen-bond acceptors (Lipinski definition) is 6. The summed E-state index contributed by atoms with van der Waals surface area (Å²) in [6, 6.07) is 1.84. The molecule has 1 aliphatic rings. The third-order valence-electron chi connectivity index (χ3n) is 3.75. The van der Waals surface area contributed by atoms with E-state index in [0.717, 1.165) is 18.5 Å². The topological polar surface area (TPSA) is 86.4 Å². The molecule has 0 atom stereocenters. The molecule has 22 heavy (non-hydrogen) atoms. The molecular weight excluding hydrogens is 324 g/mol. The zero-order valence-corrected chi connectivity index (χ0v) is 13.9. The van der Waals surface area contributed by atoms with Gasteiger partial charge in [0.15, 0.2) is 0 Å². The molecule has 0 saturated carbocycles. The molecule has 1 fully saturated rings. The van der Waals surface area contributed by atoms with Crippen LogP contribution in [0.5, 0.6) is 0 Å². The fourth-order valence-electron chi connectivity index (χ4n) is 2.65. The highest BCUT2D eigenvalue weighted by atomic mass is 32.2. The Hall–Kier alpha value is -1.29. The Balaban J connectivity index is 1.73. The maximum Gasteiger partial charge on any atom is 0.268 e. The van der Waals surface area contributed by atoms with Gasteiger partial charge in [-0.15, -0.1) is 11.3 Å². The molecule has 0 spiro atoms. The van der Waals surface area contributed by atoms with E-state index in [4.69, 9.17) is 0 Å². The summed E-state index contributed by atoms with van der Waals surface area (Å²) in [5.41, 5.74) is 0.610. The highest BCUT2D eigenvalue weighted by Crippen LogP contribution is 2.15. The molecule has 0 aromatic carbocycles. The number of hydrogen-bond donors (Lipinski definition) is 1. The van der Waals surface area contributed by atoms with Gasteiger partial charge in [0.1, 0.15) is 10.5 Å². The summed E-state index contributed by atoms with van der Waals surface area (Å²) in [7, 11) is -3.14. The van der Waals surface area contributed by atoms with Crippen LogP contribution in [0.3, 0.4) is 0 Å². The van der Waals surface area contributed by atoms with Gasteiger partial charge >= 0.3 is 0 Å². The third-order valence-corrected chi connectivity index (χ3v) is 5.96. The van der Waals surface area contributed by atoms with Crippen LogP contribution in [0, 0.1) is 0 Å². The highest BCUT2D eigenvalue weighted by Gasteiger charge is 2.21. The second kappa shape index (κ2) is 6.07. The zero-order valence-electron chi connectivity index (χ0n) is 12.3. The quantitative estimate of drug-likeness (QED) is 0.875. The first-order chi connectivity index (χ1) is 10.4. The number of aromatic nitrogens is 2. The Labute approximate surface area is 132 Å². The van der Waals surface area contributed by atoms with Crippen LogP contribution >= 0.6 is 11.3 Å². The molecular formula is C13H18N4O3S2. The fourth-order valence-corrected chi connectivity index (χ4v) is 4.24. The minimum absolute atomic E-state index is 0.109. The summed E-state index contributed by atoms with van der Waals surface area (Å²) >= 11 is 1.38. The van der Waals surface area contributed by atoms with Gasteiger partial charge in [-0.1, -0.05) is 0 Å². The normalized spacial score (nSPS) is 18.6. The molecule has 0 bridgehead atoms. The summed E-state index contributed by atoms with van der Waals surface area (Å²) in [4.78, 5) is 21.4. The fraction of sp³-hybridized carbons (Fsp3) is 0.538. The van der Waals surface area contributed by atoms with Gasteiger partial charge in [0, 0.05) is 19.6 Å². The Morgan fingerprint density at radius 1 is 1.32 bits per heavy atom. The van der Waals surface area contributed by atoms with Gasteiger partial charge < -0.3 is 4.98 Å². The Bertz CT molecular complexity index is 827. The van der Waals surface area contributed by atoms with Crippen LogP contribution in [-0.4, -0.2) is 60.0 Å². The highest BCUT2D eigenvalue weighted by molar-refractivity contribution is 7.88. The molecule has 3 rings (SSSR count). The molecule has 0 radical (unpaired) electrons. The lowest BCUT2D eigenvalue weighted by Crippen LogP contribution is -2.34. The molecule has 9 heteroatoms. The molecule has 3 heterocycles. The SMILES string of the molecule is CS(=O)(=O)N1CCCN(Cc2nc3ccsc3c(=O)[nH]2)CC1. The van der Waals surface area contributed by atoms with E-state index in [0.29, 0.717) is 36.7 Å². The number of sulfonamides is 1. The van der Waals surface area contributed by atoms with Crippen molar-refractivity contribution < 1.29 is 8.42 Å². The summed E-state index contributed by atoms with van der Waals surface area (Å²) in [6.45, 7) is 2.97. The largest absolute Gasteiger partial charge is 0.308 e. The van der Waals surface area contributed by atoms with Gasteiger partial charge in [0.05, 0.1) is 18.3 Å². The number of fused-ring (bicyclic) bond motifs is 1. The zero-order chi connectivity index (χ0) is 15.7. The second-order valence-corrected chi connectivity index (χ2v) is 8.34. The molecule has 2 aromatic heterocycles.